The van der Waals surface area contributed by atoms with Gasteiger partial charge in [0.2, 0.25) is 15.9 Å². The number of carbonyl (C=O) groups is 1. The molecule has 0 radical (unpaired) electrons. The van der Waals surface area contributed by atoms with Gasteiger partial charge in [-0.1, -0.05) is 28.1 Å². The molecule has 0 aromatic heterocycles. The molecular weight excluding hydrogens is 468 g/mol. The summed E-state index contributed by atoms with van der Waals surface area (Å²) in [6.45, 7) is 8.09. The van der Waals surface area contributed by atoms with Crippen molar-refractivity contribution in [3.05, 3.63) is 58.6 Å². The highest BCUT2D eigenvalue weighted by atomic mass is 79.9. The molecule has 6 nitrogen and oxygen atoms in total. The molecule has 0 saturated carbocycles. The first-order valence-electron chi connectivity index (χ1n) is 9.83. The van der Waals surface area contributed by atoms with E-state index < -0.39 is 15.4 Å². The molecule has 1 N–H and O–H groups in total. The molecule has 3 rings (SSSR count). The van der Waals surface area contributed by atoms with Gasteiger partial charge in [0.05, 0.1) is 22.5 Å². The number of morpholine rings is 1. The molecular formula is C22H27BrN2O4S. The van der Waals surface area contributed by atoms with Gasteiger partial charge in [0.1, 0.15) is 0 Å². The molecule has 1 aliphatic rings. The van der Waals surface area contributed by atoms with Crippen molar-refractivity contribution in [1.29, 1.82) is 0 Å². The second-order valence-corrected chi connectivity index (χ2v) is 11.0. The van der Waals surface area contributed by atoms with E-state index in [1.54, 1.807) is 12.1 Å². The Morgan fingerprint density at radius 1 is 1.03 bits per heavy atom. The Morgan fingerprint density at radius 2 is 1.57 bits per heavy atom. The second kappa shape index (κ2) is 8.78. The largest absolute Gasteiger partial charge is 0.373 e. The van der Waals surface area contributed by atoms with E-state index in [-0.39, 0.29) is 23.0 Å². The van der Waals surface area contributed by atoms with E-state index in [1.807, 2.05) is 52.0 Å². The van der Waals surface area contributed by atoms with Crippen molar-refractivity contribution >= 4 is 37.5 Å². The summed E-state index contributed by atoms with van der Waals surface area (Å²) in [4.78, 5) is 13.1. The minimum absolute atomic E-state index is 0.150. The zero-order valence-electron chi connectivity index (χ0n) is 17.6. The van der Waals surface area contributed by atoms with Gasteiger partial charge in [-0.25, -0.2) is 8.42 Å². The summed E-state index contributed by atoms with van der Waals surface area (Å²) in [6, 6.07) is 13.9. The average molecular weight is 495 g/mol. The van der Waals surface area contributed by atoms with Crippen molar-refractivity contribution in [1.82, 2.24) is 4.31 Å². The number of nitrogens with zero attached hydrogens (tertiary/aromatic N) is 1. The van der Waals surface area contributed by atoms with Gasteiger partial charge in [-0.3, -0.25) is 4.79 Å². The fourth-order valence-corrected chi connectivity index (χ4v) is 5.33. The Balaban J connectivity index is 1.74. The third-order valence-electron chi connectivity index (χ3n) is 5.27. The summed E-state index contributed by atoms with van der Waals surface area (Å²) in [5.41, 5.74) is 0.691. The molecule has 1 fully saturated rings. The number of ether oxygens (including phenoxy) is 1. The molecule has 0 aliphatic carbocycles. The van der Waals surface area contributed by atoms with Crippen LogP contribution in [0.5, 0.6) is 0 Å². The van der Waals surface area contributed by atoms with Crippen LogP contribution in [0.15, 0.2) is 57.9 Å². The standard InChI is InChI=1S/C22H27BrN2O4S/c1-15-13-25(14-16(2)29-15)30(27,28)20-11-9-19(10-12-20)24-21(26)22(3,4)17-5-7-18(23)8-6-17/h5-12,15-16H,13-14H2,1-4H3,(H,24,26). The Morgan fingerprint density at radius 3 is 2.10 bits per heavy atom. The van der Waals surface area contributed by atoms with Gasteiger partial charge in [0.25, 0.3) is 0 Å². The van der Waals surface area contributed by atoms with E-state index in [0.717, 1.165) is 10.0 Å². The third-order valence-corrected chi connectivity index (χ3v) is 7.64. The number of carbonyl (C=O) groups excluding carboxylic acids is 1. The van der Waals surface area contributed by atoms with Crippen molar-refractivity contribution in [3.8, 4) is 0 Å². The summed E-state index contributed by atoms with van der Waals surface area (Å²) in [6.07, 6.45) is -0.300. The number of anilines is 1. The van der Waals surface area contributed by atoms with E-state index in [0.29, 0.717) is 18.8 Å². The van der Waals surface area contributed by atoms with Gasteiger partial charge >= 0.3 is 0 Å². The molecule has 2 unspecified atom stereocenters. The topological polar surface area (TPSA) is 75.7 Å². The highest BCUT2D eigenvalue weighted by molar-refractivity contribution is 9.10. The normalized spacial score (nSPS) is 20.7. The zero-order valence-corrected chi connectivity index (χ0v) is 20.0. The van der Waals surface area contributed by atoms with Gasteiger partial charge in [-0.15, -0.1) is 0 Å². The van der Waals surface area contributed by atoms with E-state index in [4.69, 9.17) is 4.74 Å². The number of nitrogens with one attached hydrogen (secondary N) is 1. The summed E-state index contributed by atoms with van der Waals surface area (Å²) >= 11 is 3.40. The predicted molar refractivity (Wildman–Crippen MR) is 121 cm³/mol. The molecule has 1 saturated heterocycles. The number of sulfonamides is 1. The third kappa shape index (κ3) is 4.94. The molecule has 0 bridgehead atoms. The predicted octanol–water partition coefficient (Wildman–Crippen LogP) is 4.16. The van der Waals surface area contributed by atoms with Crippen LogP contribution in [0.3, 0.4) is 0 Å². The van der Waals surface area contributed by atoms with Crippen molar-refractivity contribution in [2.45, 2.75) is 50.2 Å². The number of benzene rings is 2. The molecule has 1 aliphatic heterocycles. The lowest BCUT2D eigenvalue weighted by Crippen LogP contribution is -2.48. The van der Waals surface area contributed by atoms with Crippen molar-refractivity contribution in [2.24, 2.45) is 0 Å². The summed E-state index contributed by atoms with van der Waals surface area (Å²) in [7, 11) is -3.61. The first kappa shape index (κ1) is 22.9. The summed E-state index contributed by atoms with van der Waals surface area (Å²) in [5.74, 6) is -0.170. The van der Waals surface area contributed by atoms with Crippen LogP contribution >= 0.6 is 15.9 Å². The van der Waals surface area contributed by atoms with Crippen molar-refractivity contribution in [3.63, 3.8) is 0 Å². The van der Waals surface area contributed by atoms with Crippen LogP contribution in [0, 0.1) is 0 Å². The van der Waals surface area contributed by atoms with Gasteiger partial charge in [-0.05, 0) is 69.7 Å². The minimum Gasteiger partial charge on any atom is -0.373 e. The van der Waals surface area contributed by atoms with E-state index >= 15 is 0 Å². The van der Waals surface area contributed by atoms with Crippen LogP contribution in [0.25, 0.3) is 0 Å². The lowest BCUT2D eigenvalue weighted by atomic mass is 9.83. The van der Waals surface area contributed by atoms with Crippen molar-refractivity contribution in [2.75, 3.05) is 18.4 Å². The van der Waals surface area contributed by atoms with Gasteiger partial charge < -0.3 is 10.1 Å². The molecule has 162 valence electrons. The average Bonchev–Trinajstić information content (AvgIpc) is 2.68. The monoisotopic (exact) mass is 494 g/mol. The molecule has 1 heterocycles. The van der Waals surface area contributed by atoms with Crippen molar-refractivity contribution < 1.29 is 17.9 Å². The smallest absolute Gasteiger partial charge is 0.243 e. The fourth-order valence-electron chi connectivity index (χ4n) is 3.47. The molecule has 2 atom stereocenters. The van der Waals surface area contributed by atoms with Crippen LogP contribution in [-0.4, -0.2) is 43.9 Å². The molecule has 0 spiro atoms. The Kier molecular flexibility index (Phi) is 6.72. The Hall–Kier alpha value is -1.74. The maximum absolute atomic E-state index is 13.0. The molecule has 2 aromatic rings. The van der Waals surface area contributed by atoms with Gasteiger partial charge in [0.15, 0.2) is 0 Å². The van der Waals surface area contributed by atoms with Gasteiger partial charge in [0, 0.05) is 23.2 Å². The van der Waals surface area contributed by atoms with Crippen LogP contribution in [-0.2, 0) is 25.0 Å². The number of halogens is 1. The molecule has 8 heteroatoms. The lowest BCUT2D eigenvalue weighted by molar-refractivity contribution is -0.120. The van der Waals surface area contributed by atoms with E-state index in [1.165, 1.54) is 16.4 Å². The Bertz CT molecular complexity index is 994. The van der Waals surface area contributed by atoms with Crippen LogP contribution in [0.1, 0.15) is 33.3 Å². The second-order valence-electron chi connectivity index (χ2n) is 8.19. The quantitative estimate of drug-likeness (QED) is 0.676. The minimum atomic E-state index is -3.61. The first-order valence-corrected chi connectivity index (χ1v) is 12.1. The number of amides is 1. The Labute approximate surface area is 186 Å². The van der Waals surface area contributed by atoms with Crippen LogP contribution in [0.4, 0.5) is 5.69 Å². The number of rotatable bonds is 5. The SMILES string of the molecule is CC1CN(S(=O)(=O)c2ccc(NC(=O)C(C)(C)c3ccc(Br)cc3)cc2)CC(C)O1. The highest BCUT2D eigenvalue weighted by Gasteiger charge is 2.33. The maximum Gasteiger partial charge on any atom is 0.243 e. The fraction of sp³-hybridized carbons (Fsp3) is 0.409. The van der Waals surface area contributed by atoms with E-state index in [2.05, 4.69) is 21.2 Å². The van der Waals surface area contributed by atoms with Crippen LogP contribution in [0.2, 0.25) is 0 Å². The lowest BCUT2D eigenvalue weighted by Gasteiger charge is -2.34. The maximum atomic E-state index is 13.0. The molecule has 2 aromatic carbocycles. The molecule has 30 heavy (non-hydrogen) atoms. The number of hydrogen-bond donors (Lipinski definition) is 1. The van der Waals surface area contributed by atoms with Gasteiger partial charge in [-0.2, -0.15) is 4.31 Å². The van der Waals surface area contributed by atoms with E-state index in [9.17, 15) is 13.2 Å². The zero-order chi connectivity index (χ0) is 22.1. The summed E-state index contributed by atoms with van der Waals surface area (Å²) in [5, 5.41) is 2.89. The highest BCUT2D eigenvalue weighted by Crippen LogP contribution is 2.27. The number of hydrogen-bond acceptors (Lipinski definition) is 4. The summed E-state index contributed by atoms with van der Waals surface area (Å²) < 4.78 is 34.0. The first-order chi connectivity index (χ1) is 14.0. The molecule has 1 amide bonds. The van der Waals surface area contributed by atoms with Crippen LogP contribution < -0.4 is 5.32 Å².